The van der Waals surface area contributed by atoms with Crippen LogP contribution in [0.2, 0.25) is 0 Å². The number of amides is 2. The van der Waals surface area contributed by atoms with Gasteiger partial charge in [-0.25, -0.2) is 4.79 Å². The van der Waals surface area contributed by atoms with Gasteiger partial charge in [-0.2, -0.15) is 4.98 Å². The van der Waals surface area contributed by atoms with Crippen LogP contribution >= 0.6 is 0 Å². The zero-order valence-corrected chi connectivity index (χ0v) is 19.5. The summed E-state index contributed by atoms with van der Waals surface area (Å²) in [7, 11) is 4.73. The molecule has 1 aliphatic heterocycles. The van der Waals surface area contributed by atoms with Gasteiger partial charge in [0.25, 0.3) is 5.89 Å². The minimum atomic E-state index is -0.549. The first-order valence-corrected chi connectivity index (χ1v) is 10.6. The molecule has 0 fully saturated rings. The lowest BCUT2D eigenvalue weighted by Gasteiger charge is -2.34. The van der Waals surface area contributed by atoms with Crippen LogP contribution in [0.3, 0.4) is 0 Å². The Morgan fingerprint density at radius 3 is 2.62 bits per heavy atom. The van der Waals surface area contributed by atoms with E-state index in [0.29, 0.717) is 46.8 Å². The molecule has 0 saturated carbocycles. The van der Waals surface area contributed by atoms with Crippen LogP contribution in [0.5, 0.6) is 17.2 Å². The quantitative estimate of drug-likeness (QED) is 0.494. The number of ether oxygens (including phenoxy) is 3. The van der Waals surface area contributed by atoms with Gasteiger partial charge in [-0.05, 0) is 36.8 Å². The van der Waals surface area contributed by atoms with Gasteiger partial charge in [0.05, 0.1) is 32.9 Å². The third-order valence-electron chi connectivity index (χ3n) is 5.63. The number of nitrogens with one attached hydrogen (secondary N) is 1. The van der Waals surface area contributed by atoms with Crippen molar-refractivity contribution in [1.29, 1.82) is 0 Å². The predicted molar refractivity (Wildman–Crippen MR) is 127 cm³/mol. The second-order valence-corrected chi connectivity index (χ2v) is 7.55. The minimum absolute atomic E-state index is 0.256. The van der Waals surface area contributed by atoms with Crippen molar-refractivity contribution < 1.29 is 23.5 Å². The Kier molecular flexibility index (Phi) is 6.53. The summed E-state index contributed by atoms with van der Waals surface area (Å²) in [4.78, 5) is 19.2. The van der Waals surface area contributed by atoms with E-state index in [4.69, 9.17) is 18.7 Å². The number of methoxy groups -OCH3 is 3. The van der Waals surface area contributed by atoms with Gasteiger partial charge in [0.15, 0.2) is 11.5 Å². The van der Waals surface area contributed by atoms with E-state index in [0.717, 1.165) is 11.1 Å². The van der Waals surface area contributed by atoms with E-state index in [-0.39, 0.29) is 6.03 Å². The number of carbonyl (C=O) groups excluding carboxylic acids is 1. The molecule has 2 aromatic carbocycles. The van der Waals surface area contributed by atoms with Gasteiger partial charge in [0.2, 0.25) is 5.82 Å². The monoisotopic (exact) mass is 462 g/mol. The summed E-state index contributed by atoms with van der Waals surface area (Å²) in [5.41, 5.74) is 2.89. The molecule has 2 heterocycles. The lowest BCUT2D eigenvalue weighted by atomic mass is 9.94. The average molecular weight is 463 g/mol. The Balaban J connectivity index is 1.83. The predicted octanol–water partition coefficient (Wildman–Crippen LogP) is 4.45. The van der Waals surface area contributed by atoms with Crippen LogP contribution in [0.4, 0.5) is 4.79 Å². The highest BCUT2D eigenvalue weighted by atomic mass is 16.5. The van der Waals surface area contributed by atoms with Gasteiger partial charge in [0, 0.05) is 17.8 Å². The van der Waals surface area contributed by atoms with Crippen molar-refractivity contribution in [3.8, 4) is 28.6 Å². The molecular weight excluding hydrogens is 436 g/mol. The maximum atomic E-state index is 12.9. The molecule has 2 amide bonds. The lowest BCUT2D eigenvalue weighted by Crippen LogP contribution is -2.46. The Hall–Kier alpha value is -4.27. The van der Waals surface area contributed by atoms with Crippen LogP contribution in [0.25, 0.3) is 17.0 Å². The number of hydrogen-bond acceptors (Lipinski definition) is 7. The molecule has 9 nitrogen and oxygen atoms in total. The summed E-state index contributed by atoms with van der Waals surface area (Å²) >= 11 is 0. The molecular formula is C25H26N4O5. The zero-order chi connectivity index (χ0) is 24.2. The number of aromatic nitrogens is 2. The Labute approximate surface area is 197 Å². The van der Waals surface area contributed by atoms with E-state index in [1.807, 2.05) is 43.3 Å². The van der Waals surface area contributed by atoms with E-state index in [9.17, 15) is 4.79 Å². The van der Waals surface area contributed by atoms with Crippen LogP contribution in [0.1, 0.15) is 24.4 Å². The highest BCUT2D eigenvalue weighted by Gasteiger charge is 2.35. The molecule has 3 aromatic rings. The van der Waals surface area contributed by atoms with Crippen molar-refractivity contribution in [3.63, 3.8) is 0 Å². The highest BCUT2D eigenvalue weighted by molar-refractivity contribution is 5.87. The number of rotatable bonds is 8. The van der Waals surface area contributed by atoms with Gasteiger partial charge in [-0.1, -0.05) is 29.4 Å². The Morgan fingerprint density at radius 2 is 1.91 bits per heavy atom. The first kappa shape index (κ1) is 22.9. The second kappa shape index (κ2) is 9.70. The SMILES string of the molecule is C=CCN1C(=O)NC(c2ccc(OC)c(OC)c2)C(c2nc(-c3cccc(OC)c3)no2)=C1C. The molecule has 34 heavy (non-hydrogen) atoms. The molecule has 0 spiro atoms. The molecule has 1 aliphatic rings. The summed E-state index contributed by atoms with van der Waals surface area (Å²) in [6.45, 7) is 5.94. The van der Waals surface area contributed by atoms with Gasteiger partial charge >= 0.3 is 6.03 Å². The van der Waals surface area contributed by atoms with Crippen LogP contribution in [0, 0.1) is 0 Å². The maximum absolute atomic E-state index is 12.9. The topological polar surface area (TPSA) is 99.0 Å². The van der Waals surface area contributed by atoms with Gasteiger partial charge in [-0.15, -0.1) is 6.58 Å². The van der Waals surface area contributed by atoms with Crippen molar-refractivity contribution in [2.45, 2.75) is 13.0 Å². The number of hydrogen-bond donors (Lipinski definition) is 1. The fourth-order valence-corrected chi connectivity index (χ4v) is 3.90. The first-order chi connectivity index (χ1) is 16.5. The molecule has 0 radical (unpaired) electrons. The molecule has 1 atom stereocenters. The van der Waals surface area contributed by atoms with Crippen molar-refractivity contribution in [2.24, 2.45) is 0 Å². The summed E-state index contributed by atoms with van der Waals surface area (Å²) in [6, 6.07) is 12.1. The molecule has 1 unspecified atom stereocenters. The van der Waals surface area contributed by atoms with E-state index < -0.39 is 6.04 Å². The molecule has 1 N–H and O–H groups in total. The third-order valence-corrected chi connectivity index (χ3v) is 5.63. The molecule has 176 valence electrons. The highest BCUT2D eigenvalue weighted by Crippen LogP contribution is 2.40. The molecule has 0 bridgehead atoms. The number of benzene rings is 2. The van der Waals surface area contributed by atoms with E-state index in [1.165, 1.54) is 0 Å². The lowest BCUT2D eigenvalue weighted by molar-refractivity contribution is 0.209. The number of urea groups is 1. The third kappa shape index (κ3) is 4.19. The average Bonchev–Trinajstić information content (AvgIpc) is 3.35. The Morgan fingerprint density at radius 1 is 1.12 bits per heavy atom. The fraction of sp³-hybridized carbons (Fsp3) is 0.240. The Bertz CT molecular complexity index is 1250. The number of carbonyl (C=O) groups is 1. The second-order valence-electron chi connectivity index (χ2n) is 7.55. The van der Waals surface area contributed by atoms with Gasteiger partial charge in [0.1, 0.15) is 5.75 Å². The van der Waals surface area contributed by atoms with E-state index in [1.54, 1.807) is 38.4 Å². The maximum Gasteiger partial charge on any atom is 0.322 e. The van der Waals surface area contributed by atoms with E-state index >= 15 is 0 Å². The molecule has 4 rings (SSSR count). The van der Waals surface area contributed by atoms with Crippen molar-refractivity contribution >= 4 is 11.6 Å². The largest absolute Gasteiger partial charge is 0.497 e. The van der Waals surface area contributed by atoms with Crippen LogP contribution in [0.15, 0.2) is 65.3 Å². The normalized spacial score (nSPS) is 15.7. The molecule has 1 aromatic heterocycles. The fourth-order valence-electron chi connectivity index (χ4n) is 3.90. The van der Waals surface area contributed by atoms with Crippen molar-refractivity contribution in [2.75, 3.05) is 27.9 Å². The number of allylic oxidation sites excluding steroid dienone is 1. The molecule has 9 heteroatoms. The van der Waals surface area contributed by atoms with Crippen LogP contribution in [-0.4, -0.2) is 48.9 Å². The molecule has 0 saturated heterocycles. The van der Waals surface area contributed by atoms with E-state index in [2.05, 4.69) is 22.0 Å². The van der Waals surface area contributed by atoms with Gasteiger partial charge in [-0.3, -0.25) is 4.90 Å². The standard InChI is InChI=1S/C25H26N4O5/c1-6-12-29-15(2)21(24-27-23(28-34-24)17-8-7-9-18(13-17)31-3)22(26-25(29)30)16-10-11-19(32-4)20(14-16)33-5/h6-11,13-14,22H,1,12H2,2-5H3,(H,26,30). The van der Waals surface area contributed by atoms with Crippen molar-refractivity contribution in [1.82, 2.24) is 20.4 Å². The summed E-state index contributed by atoms with van der Waals surface area (Å²) in [5.74, 6) is 2.52. The first-order valence-electron chi connectivity index (χ1n) is 10.6. The summed E-state index contributed by atoms with van der Waals surface area (Å²) in [5, 5.41) is 7.22. The van der Waals surface area contributed by atoms with Gasteiger partial charge < -0.3 is 24.1 Å². The minimum Gasteiger partial charge on any atom is -0.497 e. The number of nitrogens with zero attached hydrogens (tertiary/aromatic N) is 3. The molecule has 0 aliphatic carbocycles. The summed E-state index contributed by atoms with van der Waals surface area (Å²) in [6.07, 6.45) is 1.66. The van der Waals surface area contributed by atoms with Crippen molar-refractivity contribution in [3.05, 3.63) is 72.3 Å². The van der Waals surface area contributed by atoms with Crippen LogP contribution < -0.4 is 19.5 Å². The van der Waals surface area contributed by atoms with Crippen LogP contribution in [-0.2, 0) is 0 Å². The zero-order valence-electron chi connectivity index (χ0n) is 19.5. The summed E-state index contributed by atoms with van der Waals surface area (Å²) < 4.78 is 21.8. The smallest absolute Gasteiger partial charge is 0.322 e.